The summed E-state index contributed by atoms with van der Waals surface area (Å²) in [4.78, 5) is 0. The first-order valence-corrected chi connectivity index (χ1v) is 7.85. The Bertz CT molecular complexity index is 684. The molecule has 1 N–H and O–H groups in total. The van der Waals surface area contributed by atoms with Crippen LogP contribution in [0.15, 0.2) is 60.7 Å². The zero-order valence-corrected chi connectivity index (χ0v) is 13.9. The fourth-order valence-corrected chi connectivity index (χ4v) is 2.46. The number of allylic oxidation sites excluding steroid dienone is 2. The SMILES string of the molecule is C=C(C)CCc1c(O)cc(/C=C/Cc2ccccc2)cc1OC. The van der Waals surface area contributed by atoms with Crippen molar-refractivity contribution in [1.29, 1.82) is 0 Å². The zero-order valence-electron chi connectivity index (χ0n) is 13.9. The summed E-state index contributed by atoms with van der Waals surface area (Å²) in [5.41, 5.74) is 4.14. The van der Waals surface area contributed by atoms with Crippen LogP contribution in [0.2, 0.25) is 0 Å². The summed E-state index contributed by atoms with van der Waals surface area (Å²) >= 11 is 0. The summed E-state index contributed by atoms with van der Waals surface area (Å²) in [5, 5.41) is 10.3. The minimum Gasteiger partial charge on any atom is -0.508 e. The monoisotopic (exact) mass is 308 g/mol. The fourth-order valence-electron chi connectivity index (χ4n) is 2.46. The molecule has 0 atom stereocenters. The molecule has 120 valence electrons. The van der Waals surface area contributed by atoms with E-state index < -0.39 is 0 Å². The molecule has 0 aliphatic rings. The summed E-state index contributed by atoms with van der Waals surface area (Å²) in [6, 6.07) is 14.0. The lowest BCUT2D eigenvalue weighted by atomic mass is 10.0. The van der Waals surface area contributed by atoms with E-state index in [9.17, 15) is 5.11 Å². The smallest absolute Gasteiger partial charge is 0.126 e. The molecule has 0 saturated carbocycles. The predicted octanol–water partition coefficient (Wildman–Crippen LogP) is 5.17. The molecule has 0 unspecified atom stereocenters. The molecule has 0 fully saturated rings. The Morgan fingerprint density at radius 1 is 1.22 bits per heavy atom. The molecule has 0 radical (unpaired) electrons. The van der Waals surface area contributed by atoms with Crippen molar-refractivity contribution in [2.45, 2.75) is 26.2 Å². The van der Waals surface area contributed by atoms with Crippen LogP contribution in [0, 0.1) is 0 Å². The highest BCUT2D eigenvalue weighted by atomic mass is 16.5. The molecule has 2 aromatic carbocycles. The van der Waals surface area contributed by atoms with E-state index in [-0.39, 0.29) is 5.75 Å². The van der Waals surface area contributed by atoms with Crippen LogP contribution in [0.1, 0.15) is 30.0 Å². The molecular weight excluding hydrogens is 284 g/mol. The van der Waals surface area contributed by atoms with Crippen LogP contribution >= 0.6 is 0 Å². The van der Waals surface area contributed by atoms with Gasteiger partial charge in [-0.05, 0) is 49.4 Å². The second-order valence-electron chi connectivity index (χ2n) is 5.77. The van der Waals surface area contributed by atoms with Gasteiger partial charge in [0.15, 0.2) is 0 Å². The summed E-state index contributed by atoms with van der Waals surface area (Å²) in [5.74, 6) is 1.01. The molecule has 0 heterocycles. The Morgan fingerprint density at radius 3 is 2.61 bits per heavy atom. The highest BCUT2D eigenvalue weighted by molar-refractivity contribution is 5.59. The summed E-state index contributed by atoms with van der Waals surface area (Å²) in [7, 11) is 1.64. The van der Waals surface area contributed by atoms with Gasteiger partial charge in [-0.2, -0.15) is 0 Å². The van der Waals surface area contributed by atoms with E-state index in [1.807, 2.05) is 37.3 Å². The van der Waals surface area contributed by atoms with E-state index in [1.54, 1.807) is 13.2 Å². The number of hydrogen-bond donors (Lipinski definition) is 1. The van der Waals surface area contributed by atoms with Crippen LogP contribution in [0.4, 0.5) is 0 Å². The molecule has 23 heavy (non-hydrogen) atoms. The number of phenolic OH excluding ortho intramolecular Hbond substituents is 1. The van der Waals surface area contributed by atoms with Gasteiger partial charge in [-0.25, -0.2) is 0 Å². The number of hydrogen-bond acceptors (Lipinski definition) is 2. The van der Waals surface area contributed by atoms with Crippen molar-refractivity contribution in [1.82, 2.24) is 0 Å². The van der Waals surface area contributed by atoms with Gasteiger partial charge in [0.05, 0.1) is 7.11 Å². The topological polar surface area (TPSA) is 29.5 Å². The second kappa shape index (κ2) is 8.23. The van der Waals surface area contributed by atoms with Crippen molar-refractivity contribution >= 4 is 6.08 Å². The first-order chi connectivity index (χ1) is 11.1. The van der Waals surface area contributed by atoms with Crippen LogP contribution in [-0.2, 0) is 12.8 Å². The van der Waals surface area contributed by atoms with Crippen LogP contribution in [0.5, 0.6) is 11.5 Å². The van der Waals surface area contributed by atoms with Gasteiger partial charge < -0.3 is 9.84 Å². The minimum absolute atomic E-state index is 0.282. The number of benzene rings is 2. The lowest BCUT2D eigenvalue weighted by Crippen LogP contribution is -1.95. The molecule has 0 bridgehead atoms. The Hall–Kier alpha value is -2.48. The van der Waals surface area contributed by atoms with Gasteiger partial charge >= 0.3 is 0 Å². The lowest BCUT2D eigenvalue weighted by Gasteiger charge is -2.12. The minimum atomic E-state index is 0.282. The normalized spacial score (nSPS) is 10.9. The maximum atomic E-state index is 10.3. The molecule has 2 heteroatoms. The quantitative estimate of drug-likeness (QED) is 0.715. The summed E-state index contributed by atoms with van der Waals surface area (Å²) in [6.45, 7) is 5.90. The van der Waals surface area contributed by atoms with E-state index in [0.717, 1.165) is 41.7 Å². The van der Waals surface area contributed by atoms with Gasteiger partial charge in [-0.15, -0.1) is 6.58 Å². The molecule has 0 aliphatic carbocycles. The molecule has 0 amide bonds. The van der Waals surface area contributed by atoms with Crippen molar-refractivity contribution in [2.24, 2.45) is 0 Å². The first kappa shape index (κ1) is 16.9. The molecule has 2 aromatic rings. The van der Waals surface area contributed by atoms with Gasteiger partial charge in [-0.3, -0.25) is 0 Å². The molecule has 0 aliphatic heterocycles. The van der Waals surface area contributed by atoms with E-state index in [4.69, 9.17) is 4.74 Å². The van der Waals surface area contributed by atoms with Crippen molar-refractivity contribution in [3.63, 3.8) is 0 Å². The Kier molecular flexibility index (Phi) is 6.04. The van der Waals surface area contributed by atoms with Gasteiger partial charge in [-0.1, -0.05) is 48.1 Å². The van der Waals surface area contributed by atoms with Crippen molar-refractivity contribution in [2.75, 3.05) is 7.11 Å². The second-order valence-corrected chi connectivity index (χ2v) is 5.77. The number of methoxy groups -OCH3 is 1. The Labute approximate surface area is 138 Å². The van der Waals surface area contributed by atoms with Crippen molar-refractivity contribution < 1.29 is 9.84 Å². The van der Waals surface area contributed by atoms with E-state index >= 15 is 0 Å². The number of ether oxygens (including phenoxy) is 1. The van der Waals surface area contributed by atoms with Gasteiger partial charge in [0.25, 0.3) is 0 Å². The maximum Gasteiger partial charge on any atom is 0.126 e. The van der Waals surface area contributed by atoms with Crippen LogP contribution in [-0.4, -0.2) is 12.2 Å². The Morgan fingerprint density at radius 2 is 1.96 bits per heavy atom. The zero-order chi connectivity index (χ0) is 16.7. The molecule has 2 nitrogen and oxygen atoms in total. The summed E-state index contributed by atoms with van der Waals surface area (Å²) < 4.78 is 5.44. The summed E-state index contributed by atoms with van der Waals surface area (Å²) in [6.07, 6.45) is 6.54. The third-order valence-electron chi connectivity index (χ3n) is 3.74. The molecule has 0 spiro atoms. The van der Waals surface area contributed by atoms with E-state index in [0.29, 0.717) is 0 Å². The third kappa shape index (κ3) is 5.03. The maximum absolute atomic E-state index is 10.3. The van der Waals surface area contributed by atoms with Crippen LogP contribution in [0.25, 0.3) is 6.08 Å². The molecule has 2 rings (SSSR count). The molecule has 0 aromatic heterocycles. The number of rotatable bonds is 7. The number of phenols is 1. The standard InChI is InChI=1S/C21H24O2/c1-16(2)12-13-19-20(22)14-18(15-21(19)23-3)11-7-10-17-8-5-4-6-9-17/h4-9,11,14-15,22H,1,10,12-13H2,2-3H3/b11-7+. The third-order valence-corrected chi connectivity index (χ3v) is 3.74. The number of aromatic hydroxyl groups is 1. The van der Waals surface area contributed by atoms with E-state index in [2.05, 4.69) is 24.8 Å². The van der Waals surface area contributed by atoms with E-state index in [1.165, 1.54) is 5.56 Å². The first-order valence-electron chi connectivity index (χ1n) is 7.85. The lowest BCUT2D eigenvalue weighted by molar-refractivity contribution is 0.399. The van der Waals surface area contributed by atoms with Gasteiger partial charge in [0.2, 0.25) is 0 Å². The van der Waals surface area contributed by atoms with Crippen LogP contribution in [0.3, 0.4) is 0 Å². The predicted molar refractivity (Wildman–Crippen MR) is 97.0 cm³/mol. The average Bonchev–Trinajstić information content (AvgIpc) is 2.54. The molecule has 0 saturated heterocycles. The Balaban J connectivity index is 2.13. The van der Waals surface area contributed by atoms with Gasteiger partial charge in [0, 0.05) is 5.56 Å². The van der Waals surface area contributed by atoms with Crippen molar-refractivity contribution in [3.8, 4) is 11.5 Å². The van der Waals surface area contributed by atoms with Crippen LogP contribution < -0.4 is 4.74 Å². The largest absolute Gasteiger partial charge is 0.508 e. The highest BCUT2D eigenvalue weighted by Crippen LogP contribution is 2.32. The highest BCUT2D eigenvalue weighted by Gasteiger charge is 2.10. The average molecular weight is 308 g/mol. The molecular formula is C21H24O2. The fraction of sp³-hybridized carbons (Fsp3) is 0.238. The van der Waals surface area contributed by atoms with Crippen molar-refractivity contribution in [3.05, 3.63) is 77.4 Å². The van der Waals surface area contributed by atoms with Gasteiger partial charge in [0.1, 0.15) is 11.5 Å².